The van der Waals surface area contributed by atoms with Crippen LogP contribution in [0.25, 0.3) is 0 Å². The summed E-state index contributed by atoms with van der Waals surface area (Å²) in [6.45, 7) is 2.07. The van der Waals surface area contributed by atoms with Gasteiger partial charge >= 0.3 is 0 Å². The van der Waals surface area contributed by atoms with Crippen molar-refractivity contribution in [3.63, 3.8) is 0 Å². The zero-order chi connectivity index (χ0) is 5.98. The minimum absolute atomic E-state index is 1.08. The Kier molecular flexibility index (Phi) is 1.31. The Morgan fingerprint density at radius 1 is 1.12 bits per heavy atom. The van der Waals surface area contributed by atoms with E-state index in [0.717, 1.165) is 5.69 Å². The fraction of sp³-hybridized carbons (Fsp3) is 0.143. The van der Waals surface area contributed by atoms with Gasteiger partial charge in [0.1, 0.15) is 5.69 Å². The first-order valence-electron chi connectivity index (χ1n) is 2.67. The first-order valence-corrected chi connectivity index (χ1v) is 2.67. The molecule has 0 aliphatic rings. The Morgan fingerprint density at radius 3 is 2.00 bits per heavy atom. The highest BCUT2D eigenvalue weighted by Crippen LogP contribution is 2.00. The smallest absolute Gasteiger partial charge is 0.127 e. The molecule has 0 aliphatic heterocycles. The molecule has 1 rings (SSSR count). The summed E-state index contributed by atoms with van der Waals surface area (Å²) in [5.74, 6) is 0. The third-order valence-electron chi connectivity index (χ3n) is 1.12. The Morgan fingerprint density at radius 2 is 1.62 bits per heavy atom. The van der Waals surface area contributed by atoms with E-state index < -0.39 is 0 Å². The lowest BCUT2D eigenvalue weighted by molar-refractivity contribution is -0.254. The van der Waals surface area contributed by atoms with Crippen molar-refractivity contribution in [2.45, 2.75) is 6.92 Å². The van der Waals surface area contributed by atoms with Crippen molar-refractivity contribution < 1.29 is 5.73 Å². The van der Waals surface area contributed by atoms with Crippen molar-refractivity contribution >= 4 is 5.69 Å². The van der Waals surface area contributed by atoms with Crippen molar-refractivity contribution in [3.8, 4) is 0 Å². The molecule has 0 atom stereocenters. The molecule has 0 bridgehead atoms. The molecule has 0 fully saturated rings. The average molecular weight is 108 g/mol. The first-order chi connectivity index (χ1) is 3.79. The van der Waals surface area contributed by atoms with Gasteiger partial charge in [-0.3, -0.25) is 0 Å². The summed E-state index contributed by atoms with van der Waals surface area (Å²) in [5, 5.41) is 0. The van der Waals surface area contributed by atoms with Crippen molar-refractivity contribution in [2.75, 3.05) is 0 Å². The van der Waals surface area contributed by atoms with Crippen LogP contribution >= 0.6 is 0 Å². The fourth-order valence-electron chi connectivity index (χ4n) is 0.588. The third kappa shape index (κ3) is 1.07. The molecule has 42 valence electrons. The molecule has 1 aromatic carbocycles. The van der Waals surface area contributed by atoms with Gasteiger partial charge in [0, 0.05) is 0 Å². The maximum atomic E-state index is 3.76. The number of aryl methyl sites for hydroxylation is 1. The van der Waals surface area contributed by atoms with Crippen molar-refractivity contribution in [3.05, 3.63) is 29.8 Å². The number of rotatable bonds is 0. The molecule has 1 aromatic rings. The zero-order valence-corrected chi connectivity index (χ0v) is 5.02. The quantitative estimate of drug-likeness (QED) is 0.510. The summed E-state index contributed by atoms with van der Waals surface area (Å²) in [7, 11) is 0. The van der Waals surface area contributed by atoms with Crippen molar-refractivity contribution in [1.29, 1.82) is 0 Å². The topological polar surface area (TPSA) is 27.6 Å². The SMILES string of the molecule is Cc1ccc([NH3+])cc1. The average Bonchev–Trinajstić information content (AvgIpc) is 1.77. The van der Waals surface area contributed by atoms with Gasteiger partial charge in [-0.1, -0.05) is 17.7 Å². The lowest BCUT2D eigenvalue weighted by atomic mass is 10.2. The molecule has 0 aliphatic carbocycles. The van der Waals surface area contributed by atoms with Crippen LogP contribution < -0.4 is 5.73 Å². The Labute approximate surface area is 49.1 Å². The van der Waals surface area contributed by atoms with Crippen LogP contribution in [-0.2, 0) is 0 Å². The van der Waals surface area contributed by atoms with Gasteiger partial charge in [-0.05, 0) is 19.1 Å². The predicted molar refractivity (Wildman–Crippen MR) is 33.7 cm³/mol. The number of hydrogen-bond acceptors (Lipinski definition) is 0. The summed E-state index contributed by atoms with van der Waals surface area (Å²) in [6, 6.07) is 8.13. The van der Waals surface area contributed by atoms with E-state index >= 15 is 0 Å². The van der Waals surface area contributed by atoms with E-state index in [2.05, 4.69) is 24.8 Å². The molecule has 0 heterocycles. The lowest BCUT2D eigenvalue weighted by Gasteiger charge is -1.87. The number of quaternary nitrogens is 1. The second-order valence-electron chi connectivity index (χ2n) is 1.99. The maximum absolute atomic E-state index is 3.76. The van der Waals surface area contributed by atoms with Gasteiger partial charge in [-0.15, -0.1) is 0 Å². The van der Waals surface area contributed by atoms with Gasteiger partial charge in [-0.2, -0.15) is 0 Å². The minimum Gasteiger partial charge on any atom is -0.325 e. The van der Waals surface area contributed by atoms with Crippen LogP contribution in [0.3, 0.4) is 0 Å². The van der Waals surface area contributed by atoms with Crippen LogP contribution in [0.1, 0.15) is 5.56 Å². The van der Waals surface area contributed by atoms with Crippen molar-refractivity contribution in [1.82, 2.24) is 0 Å². The summed E-state index contributed by atoms with van der Waals surface area (Å²) in [4.78, 5) is 0. The summed E-state index contributed by atoms with van der Waals surface area (Å²) >= 11 is 0. The zero-order valence-electron chi connectivity index (χ0n) is 5.02. The van der Waals surface area contributed by atoms with E-state index in [-0.39, 0.29) is 0 Å². The monoisotopic (exact) mass is 108 g/mol. The van der Waals surface area contributed by atoms with Gasteiger partial charge in [0.2, 0.25) is 0 Å². The molecule has 0 unspecified atom stereocenters. The molecule has 1 nitrogen and oxygen atoms in total. The van der Waals surface area contributed by atoms with E-state index in [1.54, 1.807) is 0 Å². The van der Waals surface area contributed by atoms with Crippen LogP contribution in [0.15, 0.2) is 24.3 Å². The van der Waals surface area contributed by atoms with E-state index in [9.17, 15) is 0 Å². The normalized spacial score (nSPS) is 9.25. The first kappa shape index (κ1) is 5.32. The summed E-state index contributed by atoms with van der Waals surface area (Å²) in [6.07, 6.45) is 0. The molecule has 0 saturated carbocycles. The maximum Gasteiger partial charge on any atom is 0.127 e. The molecule has 0 aromatic heterocycles. The van der Waals surface area contributed by atoms with Gasteiger partial charge in [0.05, 0.1) is 0 Å². The molecular weight excluding hydrogens is 98.1 g/mol. The van der Waals surface area contributed by atoms with E-state index in [1.807, 2.05) is 12.1 Å². The summed E-state index contributed by atoms with van der Waals surface area (Å²) in [5.41, 5.74) is 6.13. The largest absolute Gasteiger partial charge is 0.325 e. The third-order valence-corrected chi connectivity index (χ3v) is 1.12. The molecule has 0 amide bonds. The van der Waals surface area contributed by atoms with Crippen LogP contribution in [0.2, 0.25) is 0 Å². The highest BCUT2D eigenvalue weighted by molar-refractivity contribution is 5.30. The van der Waals surface area contributed by atoms with Gasteiger partial charge in [-0.25, -0.2) is 0 Å². The molecule has 3 N–H and O–H groups in total. The van der Waals surface area contributed by atoms with Crippen molar-refractivity contribution in [2.24, 2.45) is 0 Å². The van der Waals surface area contributed by atoms with Gasteiger partial charge in [0.15, 0.2) is 0 Å². The molecule has 0 spiro atoms. The molecule has 0 radical (unpaired) electrons. The second kappa shape index (κ2) is 1.97. The Hall–Kier alpha value is -0.820. The minimum atomic E-state index is 1.08. The van der Waals surface area contributed by atoms with Gasteiger partial charge < -0.3 is 5.73 Å². The number of benzene rings is 1. The summed E-state index contributed by atoms with van der Waals surface area (Å²) < 4.78 is 0. The molecule has 1 heteroatoms. The van der Waals surface area contributed by atoms with Crippen LogP contribution in [-0.4, -0.2) is 0 Å². The van der Waals surface area contributed by atoms with Crippen LogP contribution in [0, 0.1) is 6.92 Å². The highest BCUT2D eigenvalue weighted by atomic mass is 14.5. The fourth-order valence-corrected chi connectivity index (χ4v) is 0.588. The second-order valence-corrected chi connectivity index (χ2v) is 1.99. The number of hydrogen-bond donors (Lipinski definition) is 1. The molecule has 8 heavy (non-hydrogen) atoms. The standard InChI is InChI=1S/C7H9N/c1-6-2-4-7(8)5-3-6/h2-5H,8H2,1H3/p+1. The van der Waals surface area contributed by atoms with Crippen LogP contribution in [0.5, 0.6) is 0 Å². The van der Waals surface area contributed by atoms with Gasteiger partial charge in [0.25, 0.3) is 0 Å². The van der Waals surface area contributed by atoms with Crippen LogP contribution in [0.4, 0.5) is 5.69 Å². The lowest BCUT2D eigenvalue weighted by Crippen LogP contribution is -2.39. The Balaban J connectivity index is 3.03. The van der Waals surface area contributed by atoms with E-state index in [1.165, 1.54) is 5.56 Å². The molecular formula is C7H10N+. The predicted octanol–water partition coefficient (Wildman–Crippen LogP) is 0.868. The Bertz CT molecular complexity index is 143. The molecule has 0 saturated heterocycles. The highest BCUT2D eigenvalue weighted by Gasteiger charge is 1.83. The van der Waals surface area contributed by atoms with E-state index in [0.29, 0.717) is 0 Å². The van der Waals surface area contributed by atoms with E-state index in [4.69, 9.17) is 0 Å².